The first kappa shape index (κ1) is 82.5. The minimum absolute atomic E-state index is 0. The largest absolute Gasteiger partial charge is 1.00 e. The van der Waals surface area contributed by atoms with Crippen molar-refractivity contribution in [3.63, 3.8) is 0 Å². The number of ether oxygens (including phenoxy) is 16. The molecule has 16 bridgehead atoms. The number of rotatable bonds is 13. The monoisotopic (exact) mass is 1480 g/mol. The molecule has 43 heteroatoms. The summed E-state index contributed by atoms with van der Waals surface area (Å²) in [6.45, 7) is -7.63. The molecule has 0 amide bonds. The second-order valence-corrected chi connectivity index (χ2v) is 26.2. The Morgan fingerprint density at radius 2 is 0.510 bits per heavy atom. The fraction of sp³-hybridized carbons (Fsp3) is 0.877. The van der Waals surface area contributed by atoms with Gasteiger partial charge in [0, 0.05) is 16.6 Å². The van der Waals surface area contributed by atoms with Crippen LogP contribution in [0.25, 0.3) is 0 Å². The Morgan fingerprint density at radius 1 is 0.310 bits per heavy atom. The SMILES string of the molecule is O=C([O-])CCc1cccc(SC[C@H]2O[C@@H]3O[C@H]4[C@H](O)[C@@H](O)[C@@H](O[C@H]5[C@H](O)[C@@H](O)[C@@H](O[C@H]6[C@H](O)[C@@H](O)[C@@H](O[C@H]7[C@H](O)[C@@H](O)[C@@H](O[C@H]8[C@@H](O)[C@@H](O)[C@@H](O[C@H]9[C@H](O)[C@@H](O)[C@@H](O[C@H]%10[C@@H](O)[C@H](O)[C@@H](O[C@H]2[C@H](O)[C@H]3O)O[C@@H]%10CO)O[C@@H]9CO)O[C@@H]8CO)O[C@@H]7CO)O[C@H]6CO)O[C@H]5CO)O[C@H]4CO)c1.[Na+]. The summed E-state index contributed by atoms with van der Waals surface area (Å²) in [7, 11) is 0. The van der Waals surface area contributed by atoms with E-state index in [2.05, 4.69) is 0 Å². The normalized spacial score (nSPS) is 50.0. The van der Waals surface area contributed by atoms with Crippen molar-refractivity contribution in [2.24, 2.45) is 0 Å². The molecule has 41 nitrogen and oxygen atoms in total. The number of aliphatic hydroxyl groups is 23. The molecular formula is C57H87NaO41S. The van der Waals surface area contributed by atoms with Gasteiger partial charge in [-0.05, 0) is 30.5 Å². The molecular weight excluding hydrogens is 1400 g/mol. The molecule has 30 saturated heterocycles. The molecule has 23 N–H and O–H groups in total. The van der Waals surface area contributed by atoms with Gasteiger partial charge in [0.05, 0.1) is 52.4 Å². The molecule has 1 aromatic carbocycles. The third-order valence-corrected chi connectivity index (χ3v) is 19.7. The zero-order chi connectivity index (χ0) is 71.7. The van der Waals surface area contributed by atoms with Crippen molar-refractivity contribution in [2.45, 2.75) is 263 Å². The molecule has 0 aliphatic carbocycles. The maximum Gasteiger partial charge on any atom is 1.00 e. The topological polar surface area (TPSA) is 653 Å². The molecule has 31 rings (SSSR count). The summed E-state index contributed by atoms with van der Waals surface area (Å²) in [5.41, 5.74) is 0.549. The van der Waals surface area contributed by atoms with Crippen molar-refractivity contribution in [3.05, 3.63) is 29.8 Å². The number of aliphatic carboxylic acids is 1. The van der Waals surface area contributed by atoms with Crippen LogP contribution in [-0.2, 0) is 87.0 Å². The molecule has 568 valence electrons. The van der Waals surface area contributed by atoms with Crippen LogP contribution in [0.1, 0.15) is 12.0 Å². The van der Waals surface area contributed by atoms with Crippen molar-refractivity contribution in [1.29, 1.82) is 0 Å². The van der Waals surface area contributed by atoms with E-state index in [9.17, 15) is 127 Å². The second-order valence-electron chi connectivity index (χ2n) is 25.1. The number of hydrogen-bond donors (Lipinski definition) is 23. The summed E-state index contributed by atoms with van der Waals surface area (Å²) < 4.78 is 93.1. The van der Waals surface area contributed by atoms with E-state index in [1.54, 1.807) is 24.3 Å². The minimum Gasteiger partial charge on any atom is -0.550 e. The van der Waals surface area contributed by atoms with Crippen LogP contribution in [0.2, 0.25) is 0 Å². The summed E-state index contributed by atoms with van der Waals surface area (Å²) in [6, 6.07) is 6.45. The number of hydrogen-bond acceptors (Lipinski definition) is 42. The predicted octanol–water partition coefficient (Wildman–Crippen LogP) is -18.9. The van der Waals surface area contributed by atoms with Gasteiger partial charge in [0.25, 0.3) is 0 Å². The van der Waals surface area contributed by atoms with Crippen molar-refractivity contribution in [1.82, 2.24) is 0 Å². The summed E-state index contributed by atoms with van der Waals surface area (Å²) in [6.07, 6.45) is -82.5. The zero-order valence-electron chi connectivity index (χ0n) is 53.0. The summed E-state index contributed by atoms with van der Waals surface area (Å²) in [4.78, 5) is 11.8. The van der Waals surface area contributed by atoms with Crippen molar-refractivity contribution in [3.8, 4) is 0 Å². The van der Waals surface area contributed by atoms with Crippen molar-refractivity contribution < 1.29 is 233 Å². The van der Waals surface area contributed by atoms with E-state index >= 15 is 0 Å². The van der Waals surface area contributed by atoms with Gasteiger partial charge in [0.15, 0.2) is 50.3 Å². The molecule has 30 aliphatic rings. The standard InChI is InChI=1S/C57H88O41S.Na/c58-7-17-42-26(67)34(75)50(83-17)92-43-18(8-59)85-52(36(77)28(43)69)94-45-20(10-61)87-54(38(79)30(45)71)96-47-22(12-63)89-56(40(81)32(47)73)98-49-24(14-99-16-3-1-2-15(6-16)4-5-25(65)66)90-57(41(82)33(49)74)97-48-23(13-64)88-55(39(80)31(48)72)95-46-21(11-62)86-53(37(78)29(46)70)93-44-19(9-60)84-51(91-42)35(76)27(44)68;/h1-3,6,17-24,26-64,67-82H,4-5,7-14H2,(H,65,66);/q;+1/p-1/t17-,18-,19+,20-,21+,22-,23+,24-,26-,27-,28+,29-,30-,31-,32+,33-,34-,35-,36-,37-,38-,39-,40+,41-,42-,43-,44-,45-,46-,47-,48-,49-,50-,51-,52-,53-,54-,55-,56-,57-;/m1./s1. The third kappa shape index (κ3) is 17.5. The molecule has 30 heterocycles. The van der Waals surface area contributed by atoms with E-state index in [0.717, 1.165) is 11.8 Å². The quantitative estimate of drug-likeness (QED) is 0.0644. The van der Waals surface area contributed by atoms with E-state index in [-0.39, 0.29) is 48.2 Å². The van der Waals surface area contributed by atoms with E-state index in [1.807, 2.05) is 0 Å². The molecule has 30 aliphatic heterocycles. The first-order chi connectivity index (χ1) is 47.2. The second kappa shape index (κ2) is 36.1. The molecule has 30 fully saturated rings. The van der Waals surface area contributed by atoms with Crippen LogP contribution in [0, 0.1) is 0 Å². The predicted molar refractivity (Wildman–Crippen MR) is 304 cm³/mol. The van der Waals surface area contributed by atoms with Crippen LogP contribution in [0.3, 0.4) is 0 Å². The van der Waals surface area contributed by atoms with E-state index in [1.165, 1.54) is 0 Å². The molecule has 40 atom stereocenters. The average Bonchev–Trinajstić information content (AvgIpc) is 0.779. The van der Waals surface area contributed by atoms with Crippen LogP contribution in [-0.4, -0.2) is 421 Å². The molecule has 1 aromatic rings. The number of carbonyl (C=O) groups excluding carboxylic acids is 1. The van der Waals surface area contributed by atoms with Crippen LogP contribution in [0.15, 0.2) is 29.2 Å². The molecule has 0 radical (unpaired) electrons. The van der Waals surface area contributed by atoms with Gasteiger partial charge in [-0.25, -0.2) is 0 Å². The summed E-state index contributed by atoms with van der Waals surface area (Å²) in [5.74, 6) is -1.63. The summed E-state index contributed by atoms with van der Waals surface area (Å²) in [5, 5.41) is 270. The van der Waals surface area contributed by atoms with Gasteiger partial charge >= 0.3 is 29.6 Å². The number of benzene rings is 1. The maximum absolute atomic E-state index is 12.0. The Balaban J connectivity index is 0.0000117. The Bertz CT molecular complexity index is 2680. The average molecular weight is 1480 g/mol. The number of aliphatic hydroxyl groups excluding tert-OH is 23. The fourth-order valence-electron chi connectivity index (χ4n) is 13.1. The van der Waals surface area contributed by atoms with Crippen molar-refractivity contribution in [2.75, 3.05) is 52.0 Å². The van der Waals surface area contributed by atoms with Gasteiger partial charge < -0.3 is 203 Å². The Morgan fingerprint density at radius 3 is 0.710 bits per heavy atom. The Hall–Kier alpha value is -1.52. The van der Waals surface area contributed by atoms with Crippen molar-refractivity contribution >= 4 is 17.7 Å². The molecule has 0 spiro atoms. The van der Waals surface area contributed by atoms with Crippen LogP contribution in [0.4, 0.5) is 0 Å². The van der Waals surface area contributed by atoms with Gasteiger partial charge in [-0.15, -0.1) is 11.8 Å². The van der Waals surface area contributed by atoms with Gasteiger partial charge in [0.1, 0.15) is 189 Å². The van der Waals surface area contributed by atoms with Crippen LogP contribution < -0.4 is 34.7 Å². The van der Waals surface area contributed by atoms with Gasteiger partial charge in [0.2, 0.25) is 0 Å². The van der Waals surface area contributed by atoms with Crippen LogP contribution in [0.5, 0.6) is 0 Å². The number of aryl methyl sites for hydroxylation is 1. The van der Waals surface area contributed by atoms with E-state index in [4.69, 9.17) is 75.8 Å². The smallest absolute Gasteiger partial charge is 0.550 e. The number of carbonyl (C=O) groups is 1. The Labute approximate surface area is 593 Å². The van der Waals surface area contributed by atoms with E-state index in [0.29, 0.717) is 10.5 Å². The number of carboxylic acid groups (broad SMARTS) is 1. The summed E-state index contributed by atoms with van der Waals surface area (Å²) >= 11 is 1.00. The molecule has 0 aromatic heterocycles. The maximum atomic E-state index is 12.0. The third-order valence-electron chi connectivity index (χ3n) is 18.6. The van der Waals surface area contributed by atoms with Crippen LogP contribution >= 0.6 is 11.8 Å². The van der Waals surface area contributed by atoms with Gasteiger partial charge in [-0.3, -0.25) is 0 Å². The zero-order valence-corrected chi connectivity index (χ0v) is 55.8. The van der Waals surface area contributed by atoms with Gasteiger partial charge in [-0.1, -0.05) is 12.1 Å². The molecule has 0 saturated carbocycles. The molecule has 100 heavy (non-hydrogen) atoms. The molecule has 0 unspecified atom stereocenters. The first-order valence-corrected chi connectivity index (χ1v) is 32.7. The van der Waals surface area contributed by atoms with E-state index < -0.39 is 298 Å². The first-order valence-electron chi connectivity index (χ1n) is 31.7. The number of thioether (sulfide) groups is 1. The minimum atomic E-state index is -2.27. The fourth-order valence-corrected chi connectivity index (χ4v) is 14.1. The van der Waals surface area contributed by atoms with Gasteiger partial charge in [-0.2, -0.15) is 0 Å². The number of carboxylic acids is 1. The Kier molecular flexibility index (Phi) is 29.8.